The monoisotopic (exact) mass is 1000 g/mol. The highest BCUT2D eigenvalue weighted by Gasteiger charge is 2.55. The molecule has 2 saturated carbocycles. The van der Waals surface area contributed by atoms with Crippen molar-refractivity contribution in [1.29, 1.82) is 0 Å². The summed E-state index contributed by atoms with van der Waals surface area (Å²) in [7, 11) is 0. The number of aryl methyl sites for hydroxylation is 1. The average molecular weight is 1000 g/mol. The van der Waals surface area contributed by atoms with Crippen LogP contribution >= 0.6 is 0 Å². The molecule has 7 aliphatic rings. The number of aromatic nitrogens is 2. The highest BCUT2D eigenvalue weighted by molar-refractivity contribution is 5.96. The third-order valence-electron chi connectivity index (χ3n) is 17.5. The summed E-state index contributed by atoms with van der Waals surface area (Å²) in [6.07, 6.45) is 8.51. The number of pyridine rings is 1. The van der Waals surface area contributed by atoms with E-state index in [9.17, 15) is 9.59 Å². The summed E-state index contributed by atoms with van der Waals surface area (Å²) >= 11 is 0. The second-order valence-electron chi connectivity index (χ2n) is 23.9. The molecule has 6 atom stereocenters. The summed E-state index contributed by atoms with van der Waals surface area (Å²) in [5.74, 6) is -0.0625. The molecule has 0 unspecified atom stereocenters. The van der Waals surface area contributed by atoms with Crippen LogP contribution in [-0.2, 0) is 43.3 Å². The molecule has 6 fully saturated rings. The molecular weight excluding hydrogens is 927 g/mol. The third-order valence-corrected chi connectivity index (χ3v) is 17.5. The summed E-state index contributed by atoms with van der Waals surface area (Å²) < 4.78 is 38.8. The van der Waals surface area contributed by atoms with E-state index in [1.807, 2.05) is 29.3 Å². The third kappa shape index (κ3) is 9.95. The summed E-state index contributed by atoms with van der Waals surface area (Å²) in [4.78, 5) is 67.2. The van der Waals surface area contributed by atoms with Gasteiger partial charge in [-0.2, -0.15) is 0 Å². The number of benzene rings is 2. The van der Waals surface area contributed by atoms with Crippen molar-refractivity contribution in [1.82, 2.24) is 40.4 Å². The maximum atomic E-state index is 15.2. The van der Waals surface area contributed by atoms with Crippen molar-refractivity contribution >= 4 is 34.6 Å². The number of cyclic esters (lactones) is 1. The first kappa shape index (κ1) is 49.9. The van der Waals surface area contributed by atoms with Crippen LogP contribution in [0.3, 0.4) is 0 Å². The minimum atomic E-state index is -2.79. The Bertz CT molecular complexity index is 2780. The number of nitrogens with one attached hydrogen (secondary N) is 3. The molecule has 2 aliphatic carbocycles. The van der Waals surface area contributed by atoms with E-state index < -0.39 is 41.8 Å². The zero-order chi connectivity index (χ0) is 50.9. The van der Waals surface area contributed by atoms with Crippen LogP contribution in [-0.4, -0.2) is 118 Å². The SMILES string of the molecule is CCn1c(-c2cccnc2C(C)C)c2c3cc(ccc31)-c1cc(cc(C(F)F)c1)C[C@H](NC(=O)[C@H](C1CCCC1)N1CC[C@]3(CCN(C(=O)[C@@H]4N[C@@H]4C4CC4)C3)C1)C(=O)N1CCC[C@H](N1)C(=O)OCC(C)(C)C2. The van der Waals surface area contributed by atoms with Crippen LogP contribution in [0.5, 0.6) is 0 Å². The molecule has 2 aromatic heterocycles. The molecule has 4 saturated heterocycles. The topological polar surface area (TPSA) is 151 Å². The molecule has 390 valence electrons. The lowest BCUT2D eigenvalue weighted by Crippen LogP contribution is -2.62. The molecule has 6 bridgehead atoms. The second-order valence-corrected chi connectivity index (χ2v) is 23.9. The molecule has 0 radical (unpaired) electrons. The summed E-state index contributed by atoms with van der Waals surface area (Å²) in [5, 5.41) is 9.10. The van der Waals surface area contributed by atoms with Crippen LogP contribution in [0.15, 0.2) is 54.7 Å². The van der Waals surface area contributed by atoms with Crippen molar-refractivity contribution in [2.45, 2.75) is 161 Å². The second kappa shape index (κ2) is 19.8. The highest BCUT2D eigenvalue weighted by Crippen LogP contribution is 2.46. The Hall–Kier alpha value is -5.25. The maximum absolute atomic E-state index is 15.2. The lowest BCUT2D eigenvalue weighted by molar-refractivity contribution is -0.155. The molecular formula is C58H74F2N8O5. The number of nitrogens with zero attached hydrogens (tertiary/aromatic N) is 5. The Morgan fingerprint density at radius 1 is 0.932 bits per heavy atom. The Labute approximate surface area is 428 Å². The molecule has 3 amide bonds. The number of hydrazine groups is 1. The van der Waals surface area contributed by atoms with Crippen LogP contribution in [0.1, 0.15) is 134 Å². The van der Waals surface area contributed by atoms with E-state index in [1.54, 1.807) is 6.07 Å². The van der Waals surface area contributed by atoms with Crippen LogP contribution in [0.25, 0.3) is 33.3 Å². The normalized spacial score (nSPS) is 27.3. The van der Waals surface area contributed by atoms with Crippen LogP contribution in [0.4, 0.5) is 8.78 Å². The van der Waals surface area contributed by atoms with Gasteiger partial charge < -0.3 is 19.5 Å². The smallest absolute Gasteiger partial charge is 0.324 e. The van der Waals surface area contributed by atoms with Crippen LogP contribution < -0.4 is 16.1 Å². The predicted molar refractivity (Wildman–Crippen MR) is 276 cm³/mol. The Morgan fingerprint density at radius 3 is 2.48 bits per heavy atom. The van der Waals surface area contributed by atoms with E-state index in [0.717, 1.165) is 84.1 Å². The average Bonchev–Trinajstić information content (AvgIpc) is 4.19. The number of halogens is 2. The Balaban J connectivity index is 0.952. The molecule has 1 spiro atoms. The number of alkyl halides is 2. The van der Waals surface area contributed by atoms with Crippen molar-refractivity contribution in [3.63, 3.8) is 0 Å². The number of rotatable bonds is 10. The van der Waals surface area contributed by atoms with Gasteiger partial charge in [0, 0.05) is 84.2 Å². The van der Waals surface area contributed by atoms with E-state index in [0.29, 0.717) is 75.1 Å². The van der Waals surface area contributed by atoms with Gasteiger partial charge in [-0.15, -0.1) is 0 Å². The molecule has 13 nitrogen and oxygen atoms in total. The quantitative estimate of drug-likeness (QED) is 0.105. The number of ether oxygens (including phenoxy) is 1. The predicted octanol–water partition coefficient (Wildman–Crippen LogP) is 8.33. The van der Waals surface area contributed by atoms with Gasteiger partial charge in [-0.05, 0) is 142 Å². The molecule has 2 aromatic carbocycles. The fraction of sp³-hybridized carbons (Fsp3) is 0.603. The zero-order valence-corrected chi connectivity index (χ0v) is 43.4. The van der Waals surface area contributed by atoms with Crippen molar-refractivity contribution < 1.29 is 32.7 Å². The van der Waals surface area contributed by atoms with E-state index in [4.69, 9.17) is 9.72 Å². The molecule has 73 heavy (non-hydrogen) atoms. The Kier molecular flexibility index (Phi) is 13.5. The van der Waals surface area contributed by atoms with Gasteiger partial charge in [-0.25, -0.2) is 14.2 Å². The van der Waals surface area contributed by atoms with E-state index in [1.165, 1.54) is 23.9 Å². The minimum absolute atomic E-state index is 0.0437. The number of carbonyl (C=O) groups is 4. The van der Waals surface area contributed by atoms with E-state index in [-0.39, 0.29) is 53.7 Å². The standard InChI is InChI=1S/C58H74F2N8O5/c1-6-67-46-18-17-38-29-42(46)43(51(67)41-13-9-21-61-47(41)34(2)3)30-57(4,5)33-73-56(72)44-14-10-22-68(64-44)54(70)45(27-35-25-39(38)28-40(26-35)52(59)60)62-53(69)50(37-11-7-8-12-37)65-23-19-58(31-65)20-24-66(32-58)55(71)49-48(63-49)36-15-16-36/h9,13,17-18,21,25-26,28-29,34,36-37,44-45,48-50,52,63-64H,6-8,10-12,14-16,19-20,22-24,27,30-33H2,1-5H3,(H,62,69)/t44-,45-,48+,49+,50-,58-/m0/s1. The van der Waals surface area contributed by atoms with Crippen LogP contribution in [0.2, 0.25) is 0 Å². The summed E-state index contributed by atoms with van der Waals surface area (Å²) in [6.45, 7) is 14.5. The number of esters is 1. The number of likely N-dealkylation sites (tertiary alicyclic amines) is 2. The fourth-order valence-electron chi connectivity index (χ4n) is 13.6. The van der Waals surface area contributed by atoms with Gasteiger partial charge in [0.2, 0.25) is 11.8 Å². The van der Waals surface area contributed by atoms with Gasteiger partial charge in [-0.1, -0.05) is 58.7 Å². The molecule has 5 aliphatic heterocycles. The lowest BCUT2D eigenvalue weighted by atomic mass is 9.83. The van der Waals surface area contributed by atoms with E-state index in [2.05, 4.69) is 78.3 Å². The molecule has 3 N–H and O–H groups in total. The number of fused-ring (bicyclic) bond motifs is 6. The van der Waals surface area contributed by atoms with Crippen LogP contribution in [0, 0.1) is 22.7 Å². The molecule has 4 aromatic rings. The first-order valence-corrected chi connectivity index (χ1v) is 27.5. The minimum Gasteiger partial charge on any atom is -0.464 e. The highest BCUT2D eigenvalue weighted by atomic mass is 19.3. The summed E-state index contributed by atoms with van der Waals surface area (Å²) in [6, 6.07) is 13.0. The van der Waals surface area contributed by atoms with Gasteiger partial charge in [0.1, 0.15) is 18.1 Å². The largest absolute Gasteiger partial charge is 0.464 e. The van der Waals surface area contributed by atoms with Gasteiger partial charge in [0.25, 0.3) is 12.3 Å². The first-order chi connectivity index (χ1) is 35.1. The van der Waals surface area contributed by atoms with Crippen molar-refractivity contribution in [2.24, 2.45) is 22.7 Å². The van der Waals surface area contributed by atoms with Crippen molar-refractivity contribution in [2.75, 3.05) is 39.3 Å². The fourth-order valence-corrected chi connectivity index (χ4v) is 13.6. The Morgan fingerprint density at radius 2 is 1.73 bits per heavy atom. The van der Waals surface area contributed by atoms with Gasteiger partial charge >= 0.3 is 5.97 Å². The van der Waals surface area contributed by atoms with Gasteiger partial charge in [0.15, 0.2) is 0 Å². The number of carbonyl (C=O) groups excluding carboxylic acids is 4. The van der Waals surface area contributed by atoms with Crippen molar-refractivity contribution in [3.05, 3.63) is 77.1 Å². The van der Waals surface area contributed by atoms with Gasteiger partial charge in [0.05, 0.1) is 24.0 Å². The van der Waals surface area contributed by atoms with Gasteiger partial charge in [-0.3, -0.25) is 39.4 Å². The molecule has 11 rings (SSSR count). The molecule has 15 heteroatoms. The van der Waals surface area contributed by atoms with Crippen molar-refractivity contribution in [3.8, 4) is 22.4 Å². The first-order valence-electron chi connectivity index (χ1n) is 27.5. The number of amides is 3. The number of hydrogen-bond acceptors (Lipinski definition) is 9. The zero-order valence-electron chi connectivity index (χ0n) is 43.4. The summed E-state index contributed by atoms with van der Waals surface area (Å²) in [5.41, 5.74) is 9.31. The maximum Gasteiger partial charge on any atom is 0.324 e. The number of hydrogen-bond donors (Lipinski definition) is 3. The lowest BCUT2D eigenvalue weighted by Gasteiger charge is -2.37. The van der Waals surface area contributed by atoms with E-state index >= 15 is 18.4 Å². The molecule has 7 heterocycles.